The van der Waals surface area contributed by atoms with E-state index >= 15 is 0 Å². The molecular weight excluding hydrogens is 284 g/mol. The largest absolute Gasteiger partial charge is 0.373 e. The summed E-state index contributed by atoms with van der Waals surface area (Å²) in [6.45, 7) is 1.24. The number of nitrogens with one attached hydrogen (secondary N) is 1. The minimum atomic E-state index is -0.245. The zero-order valence-electron chi connectivity index (χ0n) is 10.3. The third-order valence-corrected chi connectivity index (χ3v) is 3.54. The molecule has 0 fully saturated rings. The molecule has 19 heavy (non-hydrogen) atoms. The van der Waals surface area contributed by atoms with Crippen LogP contribution in [0.1, 0.15) is 9.80 Å². The highest BCUT2D eigenvalue weighted by Gasteiger charge is 2.11. The Kier molecular flexibility index (Phi) is 4.70. The van der Waals surface area contributed by atoms with Gasteiger partial charge in [-0.25, -0.2) is 0 Å². The van der Waals surface area contributed by atoms with E-state index < -0.39 is 0 Å². The SMILES string of the molecule is CN(CCNC(=O)c1nnc(Cl)s1)c1ccccc1. The van der Waals surface area contributed by atoms with E-state index in [1.807, 2.05) is 37.4 Å². The van der Waals surface area contributed by atoms with E-state index in [1.54, 1.807) is 0 Å². The first-order chi connectivity index (χ1) is 9.16. The fourth-order valence-electron chi connectivity index (χ4n) is 1.52. The summed E-state index contributed by atoms with van der Waals surface area (Å²) >= 11 is 6.69. The summed E-state index contributed by atoms with van der Waals surface area (Å²) in [4.78, 5) is 13.8. The molecule has 2 rings (SSSR count). The second-order valence-electron chi connectivity index (χ2n) is 3.87. The van der Waals surface area contributed by atoms with Gasteiger partial charge in [0.1, 0.15) is 0 Å². The molecule has 7 heteroatoms. The summed E-state index contributed by atoms with van der Waals surface area (Å²) in [6, 6.07) is 9.97. The Labute approximate surface area is 120 Å². The molecule has 0 radical (unpaired) electrons. The Morgan fingerprint density at radius 1 is 1.37 bits per heavy atom. The van der Waals surface area contributed by atoms with Crippen molar-refractivity contribution in [2.45, 2.75) is 0 Å². The number of hydrogen-bond donors (Lipinski definition) is 1. The van der Waals surface area contributed by atoms with Crippen LogP contribution < -0.4 is 10.2 Å². The van der Waals surface area contributed by atoms with Crippen molar-refractivity contribution in [3.63, 3.8) is 0 Å². The lowest BCUT2D eigenvalue weighted by Gasteiger charge is -2.19. The highest BCUT2D eigenvalue weighted by atomic mass is 35.5. The number of likely N-dealkylation sites (N-methyl/N-ethyl adjacent to an activating group) is 1. The van der Waals surface area contributed by atoms with Gasteiger partial charge in [-0.1, -0.05) is 29.5 Å². The highest BCUT2D eigenvalue weighted by Crippen LogP contribution is 2.14. The minimum Gasteiger partial charge on any atom is -0.373 e. The van der Waals surface area contributed by atoms with E-state index in [0.717, 1.165) is 17.0 Å². The third kappa shape index (κ3) is 3.90. The molecule has 0 aliphatic carbocycles. The predicted octanol–water partition coefficient (Wildman–Crippen LogP) is 2.06. The van der Waals surface area contributed by atoms with E-state index in [4.69, 9.17) is 11.6 Å². The van der Waals surface area contributed by atoms with Gasteiger partial charge in [-0.3, -0.25) is 4.79 Å². The van der Waals surface area contributed by atoms with Crippen LogP contribution in [0, 0.1) is 0 Å². The maximum atomic E-state index is 11.7. The van der Waals surface area contributed by atoms with E-state index in [9.17, 15) is 4.79 Å². The number of benzene rings is 1. The number of para-hydroxylation sites is 1. The molecule has 0 bridgehead atoms. The molecule has 0 atom stereocenters. The van der Waals surface area contributed by atoms with Crippen molar-refractivity contribution >= 4 is 34.5 Å². The van der Waals surface area contributed by atoms with Crippen LogP contribution >= 0.6 is 22.9 Å². The molecule has 1 N–H and O–H groups in total. The van der Waals surface area contributed by atoms with Gasteiger partial charge >= 0.3 is 0 Å². The Bertz CT molecular complexity index is 546. The maximum Gasteiger partial charge on any atom is 0.282 e. The molecule has 0 aliphatic heterocycles. The molecule has 0 spiro atoms. The van der Waals surface area contributed by atoms with Crippen molar-refractivity contribution < 1.29 is 4.79 Å². The number of halogens is 1. The topological polar surface area (TPSA) is 58.1 Å². The van der Waals surface area contributed by atoms with Gasteiger partial charge in [0.05, 0.1) is 0 Å². The number of nitrogens with zero attached hydrogens (tertiary/aromatic N) is 3. The molecule has 2 aromatic rings. The predicted molar refractivity (Wildman–Crippen MR) is 77.0 cm³/mol. The quantitative estimate of drug-likeness (QED) is 0.917. The van der Waals surface area contributed by atoms with Gasteiger partial charge in [-0.05, 0) is 23.7 Å². The molecule has 0 unspecified atom stereocenters. The molecule has 1 heterocycles. The van der Waals surface area contributed by atoms with Crippen LogP contribution in [0.3, 0.4) is 0 Å². The summed E-state index contributed by atoms with van der Waals surface area (Å²) < 4.78 is 0.270. The van der Waals surface area contributed by atoms with Crippen molar-refractivity contribution in [3.05, 3.63) is 39.8 Å². The van der Waals surface area contributed by atoms with E-state index in [2.05, 4.69) is 20.4 Å². The molecule has 0 aliphatic rings. The van der Waals surface area contributed by atoms with Crippen molar-refractivity contribution in [2.75, 3.05) is 25.0 Å². The van der Waals surface area contributed by atoms with Gasteiger partial charge in [-0.15, -0.1) is 10.2 Å². The van der Waals surface area contributed by atoms with Gasteiger partial charge in [0.25, 0.3) is 5.91 Å². The Balaban J connectivity index is 1.79. The number of hydrogen-bond acceptors (Lipinski definition) is 5. The number of aromatic nitrogens is 2. The van der Waals surface area contributed by atoms with Crippen LogP contribution in [0.25, 0.3) is 0 Å². The van der Waals surface area contributed by atoms with Crippen molar-refractivity contribution in [1.82, 2.24) is 15.5 Å². The van der Waals surface area contributed by atoms with Crippen molar-refractivity contribution in [1.29, 1.82) is 0 Å². The zero-order chi connectivity index (χ0) is 13.7. The second kappa shape index (κ2) is 6.49. The zero-order valence-corrected chi connectivity index (χ0v) is 11.9. The Morgan fingerprint density at radius 2 is 2.11 bits per heavy atom. The molecule has 5 nitrogen and oxygen atoms in total. The lowest BCUT2D eigenvalue weighted by molar-refractivity contribution is 0.0953. The number of amides is 1. The molecule has 100 valence electrons. The van der Waals surface area contributed by atoms with Crippen LogP contribution in [0.4, 0.5) is 5.69 Å². The lowest BCUT2D eigenvalue weighted by Crippen LogP contribution is -2.32. The maximum absolute atomic E-state index is 11.7. The molecule has 1 amide bonds. The average Bonchev–Trinajstić information content (AvgIpc) is 2.86. The fraction of sp³-hybridized carbons (Fsp3) is 0.250. The van der Waals surface area contributed by atoms with Crippen molar-refractivity contribution in [2.24, 2.45) is 0 Å². The Hall–Kier alpha value is -1.66. The van der Waals surface area contributed by atoms with E-state index in [-0.39, 0.29) is 15.4 Å². The van der Waals surface area contributed by atoms with Crippen LogP contribution in [0.15, 0.2) is 30.3 Å². The number of carbonyl (C=O) groups is 1. The highest BCUT2D eigenvalue weighted by molar-refractivity contribution is 7.17. The van der Waals surface area contributed by atoms with E-state index in [1.165, 1.54) is 0 Å². The molecule has 1 aromatic heterocycles. The fourth-order valence-corrected chi connectivity index (χ4v) is 2.27. The lowest BCUT2D eigenvalue weighted by atomic mass is 10.3. The first kappa shape index (κ1) is 13.8. The first-order valence-corrected chi connectivity index (χ1v) is 6.89. The van der Waals surface area contributed by atoms with Crippen LogP contribution in [0.5, 0.6) is 0 Å². The summed E-state index contributed by atoms with van der Waals surface area (Å²) in [5.74, 6) is -0.245. The minimum absolute atomic E-state index is 0.245. The standard InChI is InChI=1S/C12H13ClN4OS/c1-17(9-5-3-2-4-6-9)8-7-14-10(18)11-15-16-12(13)19-11/h2-6H,7-8H2,1H3,(H,14,18). The second-order valence-corrected chi connectivity index (χ2v) is 5.43. The van der Waals surface area contributed by atoms with Gasteiger partial charge in [0, 0.05) is 25.8 Å². The number of rotatable bonds is 5. The normalized spacial score (nSPS) is 10.2. The Morgan fingerprint density at radius 3 is 2.74 bits per heavy atom. The average molecular weight is 297 g/mol. The van der Waals surface area contributed by atoms with Crippen LogP contribution in [0.2, 0.25) is 4.47 Å². The first-order valence-electron chi connectivity index (χ1n) is 5.70. The summed E-state index contributed by atoms with van der Waals surface area (Å²) in [5.41, 5.74) is 1.11. The summed E-state index contributed by atoms with van der Waals surface area (Å²) in [7, 11) is 1.98. The van der Waals surface area contributed by atoms with Gasteiger partial charge < -0.3 is 10.2 Å². The molecule has 0 saturated heterocycles. The van der Waals surface area contributed by atoms with E-state index in [0.29, 0.717) is 13.1 Å². The summed E-state index contributed by atoms with van der Waals surface area (Å²) in [5, 5.41) is 10.3. The molecule has 1 aromatic carbocycles. The number of anilines is 1. The van der Waals surface area contributed by atoms with Crippen LogP contribution in [-0.4, -0.2) is 36.2 Å². The molecular formula is C12H13ClN4OS. The third-order valence-electron chi connectivity index (χ3n) is 2.52. The van der Waals surface area contributed by atoms with Crippen molar-refractivity contribution in [3.8, 4) is 0 Å². The number of carbonyl (C=O) groups excluding carboxylic acids is 1. The monoisotopic (exact) mass is 296 g/mol. The smallest absolute Gasteiger partial charge is 0.282 e. The van der Waals surface area contributed by atoms with Gasteiger partial charge in [0.2, 0.25) is 9.47 Å². The van der Waals surface area contributed by atoms with Gasteiger partial charge in [0.15, 0.2) is 0 Å². The molecule has 0 saturated carbocycles. The summed E-state index contributed by atoms with van der Waals surface area (Å²) in [6.07, 6.45) is 0. The van der Waals surface area contributed by atoms with Gasteiger partial charge in [-0.2, -0.15) is 0 Å². The van der Waals surface area contributed by atoms with Crippen LogP contribution in [-0.2, 0) is 0 Å².